The number of hydrogen-bond acceptors (Lipinski definition) is 6. The summed E-state index contributed by atoms with van der Waals surface area (Å²) in [6.45, 7) is 1.88. The lowest BCUT2D eigenvalue weighted by Crippen LogP contribution is -2.01. The molecular weight excluding hydrogens is 290 g/mol. The van der Waals surface area contributed by atoms with Crippen molar-refractivity contribution in [3.05, 3.63) is 53.9 Å². The standard InChI is InChI=1S/C17H13N5O/c1-11-4-3-5-14(19-11)17-20-15(10-18)16(21-22-17)12-6-8-13(23-2)9-7-12/h3-9H,1-2H3. The van der Waals surface area contributed by atoms with Crippen molar-refractivity contribution in [3.63, 3.8) is 0 Å². The highest BCUT2D eigenvalue weighted by atomic mass is 16.5. The summed E-state index contributed by atoms with van der Waals surface area (Å²) in [6, 6.07) is 14.8. The molecule has 3 rings (SSSR count). The summed E-state index contributed by atoms with van der Waals surface area (Å²) in [6.07, 6.45) is 0. The molecule has 0 unspecified atom stereocenters. The first-order valence-electron chi connectivity index (χ1n) is 6.94. The van der Waals surface area contributed by atoms with E-state index >= 15 is 0 Å². The third-order valence-electron chi connectivity index (χ3n) is 3.27. The second kappa shape index (κ2) is 6.20. The van der Waals surface area contributed by atoms with E-state index in [0.717, 1.165) is 17.0 Å². The molecule has 6 heteroatoms. The summed E-state index contributed by atoms with van der Waals surface area (Å²) < 4.78 is 5.12. The van der Waals surface area contributed by atoms with Crippen LogP contribution in [0.5, 0.6) is 5.75 Å². The molecule has 0 aliphatic rings. The number of rotatable bonds is 3. The molecule has 3 aromatic rings. The lowest BCUT2D eigenvalue weighted by atomic mass is 10.1. The number of nitriles is 1. The fourth-order valence-electron chi connectivity index (χ4n) is 2.12. The van der Waals surface area contributed by atoms with E-state index in [0.29, 0.717) is 17.2 Å². The van der Waals surface area contributed by atoms with Gasteiger partial charge in [0, 0.05) is 11.3 Å². The van der Waals surface area contributed by atoms with Crippen LogP contribution in [0.2, 0.25) is 0 Å². The van der Waals surface area contributed by atoms with Gasteiger partial charge in [-0.05, 0) is 43.3 Å². The highest BCUT2D eigenvalue weighted by Gasteiger charge is 2.13. The maximum absolute atomic E-state index is 9.38. The molecule has 0 bridgehead atoms. The number of methoxy groups -OCH3 is 1. The normalized spacial score (nSPS) is 10.1. The number of pyridine rings is 1. The molecule has 0 fully saturated rings. The SMILES string of the molecule is COc1ccc(-c2nnc(-c3cccc(C)n3)nc2C#N)cc1. The van der Waals surface area contributed by atoms with Crippen molar-refractivity contribution in [1.82, 2.24) is 20.2 Å². The van der Waals surface area contributed by atoms with Crippen LogP contribution in [-0.2, 0) is 0 Å². The number of nitrogens with zero attached hydrogens (tertiary/aromatic N) is 5. The Morgan fingerprint density at radius 2 is 1.78 bits per heavy atom. The lowest BCUT2D eigenvalue weighted by Gasteiger charge is -2.05. The molecule has 0 N–H and O–H groups in total. The number of hydrogen-bond donors (Lipinski definition) is 0. The quantitative estimate of drug-likeness (QED) is 0.739. The van der Waals surface area contributed by atoms with Crippen LogP contribution in [0.15, 0.2) is 42.5 Å². The zero-order chi connectivity index (χ0) is 16.2. The predicted octanol–water partition coefficient (Wildman–Crippen LogP) is 2.79. The first kappa shape index (κ1) is 14.6. The summed E-state index contributed by atoms with van der Waals surface area (Å²) in [4.78, 5) is 8.65. The van der Waals surface area contributed by atoms with Crippen LogP contribution in [0.25, 0.3) is 22.8 Å². The van der Waals surface area contributed by atoms with E-state index in [1.807, 2.05) is 31.2 Å². The molecule has 0 atom stereocenters. The van der Waals surface area contributed by atoms with Gasteiger partial charge in [0.1, 0.15) is 23.2 Å². The van der Waals surface area contributed by atoms with Gasteiger partial charge in [0.15, 0.2) is 5.69 Å². The van der Waals surface area contributed by atoms with Gasteiger partial charge in [-0.25, -0.2) is 9.97 Å². The monoisotopic (exact) mass is 303 g/mol. The molecule has 6 nitrogen and oxygen atoms in total. The van der Waals surface area contributed by atoms with Gasteiger partial charge < -0.3 is 4.74 Å². The Bertz CT molecular complexity index is 884. The summed E-state index contributed by atoms with van der Waals surface area (Å²) in [5.41, 5.74) is 2.85. The largest absolute Gasteiger partial charge is 0.497 e. The van der Waals surface area contributed by atoms with E-state index in [4.69, 9.17) is 4.74 Å². The maximum atomic E-state index is 9.38. The van der Waals surface area contributed by atoms with Crippen molar-refractivity contribution in [2.24, 2.45) is 0 Å². The molecule has 0 amide bonds. The summed E-state index contributed by atoms with van der Waals surface area (Å²) in [5.74, 6) is 1.07. The third-order valence-corrected chi connectivity index (χ3v) is 3.27. The van der Waals surface area contributed by atoms with Crippen molar-refractivity contribution in [2.75, 3.05) is 7.11 Å². The minimum Gasteiger partial charge on any atom is -0.497 e. The molecular formula is C17H13N5O. The molecule has 112 valence electrons. The Kier molecular flexibility index (Phi) is 3.93. The number of ether oxygens (including phenoxy) is 1. The molecule has 0 saturated carbocycles. The van der Waals surface area contributed by atoms with Crippen LogP contribution >= 0.6 is 0 Å². The Morgan fingerprint density at radius 1 is 1.00 bits per heavy atom. The Morgan fingerprint density at radius 3 is 2.43 bits per heavy atom. The Hall–Kier alpha value is -3.33. The van der Waals surface area contributed by atoms with Crippen molar-refractivity contribution >= 4 is 0 Å². The highest BCUT2D eigenvalue weighted by molar-refractivity contribution is 5.66. The smallest absolute Gasteiger partial charge is 0.201 e. The molecule has 1 aromatic carbocycles. The summed E-state index contributed by atoms with van der Waals surface area (Å²) in [5, 5.41) is 17.7. The second-order valence-corrected chi connectivity index (χ2v) is 4.84. The van der Waals surface area contributed by atoms with Crippen molar-refractivity contribution < 1.29 is 4.74 Å². The molecule has 0 spiro atoms. The fraction of sp³-hybridized carbons (Fsp3) is 0.118. The first-order chi connectivity index (χ1) is 11.2. The minimum atomic E-state index is 0.212. The molecule has 0 aliphatic carbocycles. The number of benzene rings is 1. The predicted molar refractivity (Wildman–Crippen MR) is 84.5 cm³/mol. The molecule has 0 radical (unpaired) electrons. The van der Waals surface area contributed by atoms with Crippen LogP contribution in [0.4, 0.5) is 0 Å². The van der Waals surface area contributed by atoms with Crippen molar-refractivity contribution in [1.29, 1.82) is 5.26 Å². The zero-order valence-electron chi connectivity index (χ0n) is 12.7. The summed E-state index contributed by atoms with van der Waals surface area (Å²) in [7, 11) is 1.60. The Labute approximate surface area is 133 Å². The van der Waals surface area contributed by atoms with Crippen LogP contribution in [0, 0.1) is 18.3 Å². The van der Waals surface area contributed by atoms with Crippen LogP contribution in [-0.4, -0.2) is 27.3 Å². The van der Waals surface area contributed by atoms with Crippen LogP contribution in [0.1, 0.15) is 11.4 Å². The molecule has 0 aliphatic heterocycles. The van der Waals surface area contributed by atoms with E-state index in [1.165, 1.54) is 0 Å². The van der Waals surface area contributed by atoms with E-state index < -0.39 is 0 Å². The van der Waals surface area contributed by atoms with Crippen LogP contribution in [0.3, 0.4) is 0 Å². The lowest BCUT2D eigenvalue weighted by molar-refractivity contribution is 0.415. The van der Waals surface area contributed by atoms with Gasteiger partial charge in [-0.2, -0.15) is 5.26 Å². The van der Waals surface area contributed by atoms with E-state index in [9.17, 15) is 5.26 Å². The van der Waals surface area contributed by atoms with Gasteiger partial charge in [0.05, 0.1) is 7.11 Å². The van der Waals surface area contributed by atoms with Crippen molar-refractivity contribution in [2.45, 2.75) is 6.92 Å². The first-order valence-corrected chi connectivity index (χ1v) is 6.94. The van der Waals surface area contributed by atoms with E-state index in [2.05, 4.69) is 26.2 Å². The molecule has 23 heavy (non-hydrogen) atoms. The summed E-state index contributed by atoms with van der Waals surface area (Å²) >= 11 is 0. The van der Waals surface area contributed by atoms with Gasteiger partial charge in [0.25, 0.3) is 0 Å². The maximum Gasteiger partial charge on any atom is 0.201 e. The average molecular weight is 303 g/mol. The van der Waals surface area contributed by atoms with Gasteiger partial charge in [-0.1, -0.05) is 6.07 Å². The van der Waals surface area contributed by atoms with E-state index in [1.54, 1.807) is 25.3 Å². The van der Waals surface area contributed by atoms with Gasteiger partial charge >= 0.3 is 0 Å². The Balaban J connectivity index is 2.05. The van der Waals surface area contributed by atoms with Gasteiger partial charge in [-0.15, -0.1) is 10.2 Å². The highest BCUT2D eigenvalue weighted by Crippen LogP contribution is 2.23. The van der Waals surface area contributed by atoms with Crippen LogP contribution < -0.4 is 4.74 Å². The number of aryl methyl sites for hydroxylation is 1. The van der Waals surface area contributed by atoms with Gasteiger partial charge in [-0.3, -0.25) is 0 Å². The fourth-order valence-corrected chi connectivity index (χ4v) is 2.12. The topological polar surface area (TPSA) is 84.6 Å². The van der Waals surface area contributed by atoms with E-state index in [-0.39, 0.29) is 5.69 Å². The average Bonchev–Trinajstić information content (AvgIpc) is 2.61. The molecule has 2 heterocycles. The molecule has 0 saturated heterocycles. The second-order valence-electron chi connectivity index (χ2n) is 4.84. The zero-order valence-corrected chi connectivity index (χ0v) is 12.7. The van der Waals surface area contributed by atoms with Gasteiger partial charge in [0.2, 0.25) is 5.82 Å². The molecule has 2 aromatic heterocycles. The number of aromatic nitrogens is 4. The third kappa shape index (κ3) is 2.99. The minimum absolute atomic E-state index is 0.212. The van der Waals surface area contributed by atoms with Crippen molar-refractivity contribution in [3.8, 4) is 34.6 Å².